The summed E-state index contributed by atoms with van der Waals surface area (Å²) in [7, 11) is 0. The van der Waals surface area contributed by atoms with Crippen molar-refractivity contribution in [2.24, 2.45) is 10.7 Å². The second-order valence-corrected chi connectivity index (χ2v) is 6.66. The number of allylic oxidation sites excluding steroid dienone is 1. The van der Waals surface area contributed by atoms with Gasteiger partial charge in [-0.2, -0.15) is 0 Å². The van der Waals surface area contributed by atoms with Gasteiger partial charge < -0.3 is 11.1 Å². The van der Waals surface area contributed by atoms with Gasteiger partial charge in [0, 0.05) is 36.0 Å². The van der Waals surface area contributed by atoms with Gasteiger partial charge in [-0.05, 0) is 36.5 Å². The molecule has 126 valence electrons. The molecule has 23 heavy (non-hydrogen) atoms. The van der Waals surface area contributed by atoms with Crippen molar-refractivity contribution in [2.75, 3.05) is 6.54 Å². The minimum Gasteiger partial charge on any atom is -0.402 e. The molecule has 0 amide bonds. The zero-order chi connectivity index (χ0) is 16.8. The van der Waals surface area contributed by atoms with Crippen LogP contribution in [0, 0.1) is 0 Å². The van der Waals surface area contributed by atoms with E-state index in [2.05, 4.69) is 57.3 Å². The lowest BCUT2D eigenvalue weighted by Crippen LogP contribution is -2.41. The predicted octanol–water partition coefficient (Wildman–Crippen LogP) is 4.67. The highest BCUT2D eigenvalue weighted by atomic mass is 14.9. The van der Waals surface area contributed by atoms with Gasteiger partial charge in [-0.25, -0.2) is 0 Å². The van der Waals surface area contributed by atoms with E-state index < -0.39 is 0 Å². The van der Waals surface area contributed by atoms with Crippen LogP contribution in [0.4, 0.5) is 5.69 Å². The smallest absolute Gasteiger partial charge is 0.0633 e. The van der Waals surface area contributed by atoms with Gasteiger partial charge in [-0.1, -0.05) is 46.2 Å². The van der Waals surface area contributed by atoms with Crippen molar-refractivity contribution < 1.29 is 0 Å². The molecule has 2 rings (SSSR count). The van der Waals surface area contributed by atoms with Crippen LogP contribution in [0.1, 0.15) is 64.9 Å². The van der Waals surface area contributed by atoms with Crippen molar-refractivity contribution in [1.82, 2.24) is 5.32 Å². The second kappa shape index (κ2) is 8.30. The Morgan fingerprint density at radius 2 is 1.96 bits per heavy atom. The van der Waals surface area contributed by atoms with Crippen molar-refractivity contribution >= 4 is 11.4 Å². The van der Waals surface area contributed by atoms with E-state index in [0.717, 1.165) is 43.6 Å². The van der Waals surface area contributed by atoms with Crippen molar-refractivity contribution in [2.45, 2.75) is 65.3 Å². The summed E-state index contributed by atoms with van der Waals surface area (Å²) in [5.41, 5.74) is 12.2. The third-order valence-corrected chi connectivity index (χ3v) is 4.51. The molecule has 1 heterocycles. The van der Waals surface area contributed by atoms with Gasteiger partial charge in [0.15, 0.2) is 0 Å². The predicted molar refractivity (Wildman–Crippen MR) is 100 cm³/mol. The Morgan fingerprint density at radius 3 is 2.52 bits per heavy atom. The van der Waals surface area contributed by atoms with Crippen molar-refractivity contribution in [1.29, 1.82) is 0 Å². The Labute approximate surface area is 141 Å². The molecule has 0 bridgehead atoms. The van der Waals surface area contributed by atoms with Crippen LogP contribution >= 0.6 is 0 Å². The fourth-order valence-electron chi connectivity index (χ4n) is 3.17. The SMILES string of the molecule is CCC/C(N)=C1/C(=Nc2ccc(C(C)C)cc2)CCNC1CC. The number of aliphatic imine (C=N–C) groups is 1. The number of piperidine rings is 1. The Balaban J connectivity index is 2.35. The maximum Gasteiger partial charge on any atom is 0.0633 e. The normalized spacial score (nSPS) is 22.7. The lowest BCUT2D eigenvalue weighted by Gasteiger charge is -2.29. The lowest BCUT2D eigenvalue weighted by atomic mass is 9.90. The maximum absolute atomic E-state index is 6.39. The summed E-state index contributed by atoms with van der Waals surface area (Å²) in [6.07, 6.45) is 4.01. The van der Waals surface area contributed by atoms with Crippen LogP contribution in [0.25, 0.3) is 0 Å². The summed E-state index contributed by atoms with van der Waals surface area (Å²) in [5, 5.41) is 3.58. The first-order chi connectivity index (χ1) is 11.1. The molecule has 0 aromatic heterocycles. The average Bonchev–Trinajstić information content (AvgIpc) is 2.55. The van der Waals surface area contributed by atoms with Crippen molar-refractivity contribution in [3.63, 3.8) is 0 Å². The maximum atomic E-state index is 6.39. The van der Waals surface area contributed by atoms with Crippen LogP contribution in [0.2, 0.25) is 0 Å². The van der Waals surface area contributed by atoms with Gasteiger partial charge >= 0.3 is 0 Å². The summed E-state index contributed by atoms with van der Waals surface area (Å²) in [6, 6.07) is 8.95. The van der Waals surface area contributed by atoms with Crippen LogP contribution in [-0.4, -0.2) is 18.3 Å². The molecule has 3 heteroatoms. The molecular formula is C20H31N3. The molecule has 1 aromatic rings. The standard InChI is InChI=1S/C20H31N3/c1-5-7-17(21)20-18(6-2)22-13-12-19(20)23-16-10-8-15(9-11-16)14(3)4/h8-11,14,18,22H,5-7,12-13,21H2,1-4H3/b20-17-,23-19?. The van der Waals surface area contributed by atoms with Gasteiger partial charge in [0.1, 0.15) is 0 Å². The molecular weight excluding hydrogens is 282 g/mol. The quantitative estimate of drug-likeness (QED) is 0.830. The molecule has 3 nitrogen and oxygen atoms in total. The van der Waals surface area contributed by atoms with Crippen LogP contribution in [0.3, 0.4) is 0 Å². The molecule has 0 radical (unpaired) electrons. The molecule has 1 fully saturated rings. The first-order valence-electron chi connectivity index (χ1n) is 8.96. The molecule has 0 spiro atoms. The zero-order valence-corrected chi connectivity index (χ0v) is 15.0. The van der Waals surface area contributed by atoms with Gasteiger partial charge in [-0.15, -0.1) is 0 Å². The minimum atomic E-state index is 0.337. The van der Waals surface area contributed by atoms with E-state index in [1.807, 2.05) is 0 Å². The van der Waals surface area contributed by atoms with E-state index in [4.69, 9.17) is 10.7 Å². The largest absolute Gasteiger partial charge is 0.402 e. The monoisotopic (exact) mass is 313 g/mol. The Hall–Kier alpha value is -1.61. The lowest BCUT2D eigenvalue weighted by molar-refractivity contribution is 0.548. The number of nitrogens with one attached hydrogen (secondary N) is 1. The molecule has 1 aliphatic rings. The van der Waals surface area contributed by atoms with E-state index in [1.54, 1.807) is 0 Å². The Bertz CT molecular complexity index is 567. The average molecular weight is 313 g/mol. The molecule has 3 N–H and O–H groups in total. The highest BCUT2D eigenvalue weighted by molar-refractivity contribution is 6.04. The Kier molecular flexibility index (Phi) is 6.40. The number of hydrogen-bond acceptors (Lipinski definition) is 3. The van der Waals surface area contributed by atoms with Crippen LogP contribution in [0.15, 0.2) is 40.5 Å². The number of nitrogens with two attached hydrogens (primary N) is 1. The Morgan fingerprint density at radius 1 is 1.26 bits per heavy atom. The molecule has 1 saturated heterocycles. The zero-order valence-electron chi connectivity index (χ0n) is 15.0. The van der Waals surface area contributed by atoms with Crippen molar-refractivity contribution in [3.05, 3.63) is 41.1 Å². The summed E-state index contributed by atoms with van der Waals surface area (Å²) in [6.45, 7) is 9.78. The second-order valence-electron chi connectivity index (χ2n) is 6.66. The number of nitrogens with zero attached hydrogens (tertiary/aromatic N) is 1. The van der Waals surface area contributed by atoms with Crippen LogP contribution in [0.5, 0.6) is 0 Å². The third-order valence-electron chi connectivity index (χ3n) is 4.51. The first kappa shape index (κ1) is 17.7. The van der Waals surface area contributed by atoms with Gasteiger partial charge in [-0.3, -0.25) is 4.99 Å². The summed E-state index contributed by atoms with van der Waals surface area (Å²) >= 11 is 0. The van der Waals surface area contributed by atoms with Crippen LogP contribution < -0.4 is 11.1 Å². The molecule has 0 aliphatic carbocycles. The summed E-state index contributed by atoms with van der Waals surface area (Å²) in [5.74, 6) is 0.552. The highest BCUT2D eigenvalue weighted by Crippen LogP contribution is 2.25. The summed E-state index contributed by atoms with van der Waals surface area (Å²) in [4.78, 5) is 4.94. The number of rotatable bonds is 5. The molecule has 1 aliphatic heterocycles. The fourth-order valence-corrected chi connectivity index (χ4v) is 3.17. The number of hydrogen-bond donors (Lipinski definition) is 2. The fraction of sp³-hybridized carbons (Fsp3) is 0.550. The van der Waals surface area contributed by atoms with Gasteiger partial charge in [0.2, 0.25) is 0 Å². The molecule has 1 atom stereocenters. The molecule has 1 unspecified atom stereocenters. The van der Waals surface area contributed by atoms with E-state index >= 15 is 0 Å². The van der Waals surface area contributed by atoms with E-state index in [-0.39, 0.29) is 0 Å². The van der Waals surface area contributed by atoms with Crippen molar-refractivity contribution in [3.8, 4) is 0 Å². The van der Waals surface area contributed by atoms with E-state index in [0.29, 0.717) is 12.0 Å². The first-order valence-corrected chi connectivity index (χ1v) is 8.96. The molecule has 0 saturated carbocycles. The van der Waals surface area contributed by atoms with Gasteiger partial charge in [0.25, 0.3) is 0 Å². The minimum absolute atomic E-state index is 0.337. The highest BCUT2D eigenvalue weighted by Gasteiger charge is 2.24. The van der Waals surface area contributed by atoms with Crippen LogP contribution in [-0.2, 0) is 0 Å². The third kappa shape index (κ3) is 4.44. The van der Waals surface area contributed by atoms with E-state index in [9.17, 15) is 0 Å². The summed E-state index contributed by atoms with van der Waals surface area (Å²) < 4.78 is 0. The molecule has 1 aromatic carbocycles. The van der Waals surface area contributed by atoms with E-state index in [1.165, 1.54) is 16.8 Å². The topological polar surface area (TPSA) is 50.4 Å². The van der Waals surface area contributed by atoms with Gasteiger partial charge in [0.05, 0.1) is 5.69 Å². The number of benzene rings is 1.